The third-order valence-corrected chi connectivity index (χ3v) is 4.51. The van der Waals surface area contributed by atoms with Crippen LogP contribution in [0.5, 0.6) is 5.75 Å². The summed E-state index contributed by atoms with van der Waals surface area (Å²) in [5.74, 6) is 1.36. The molecule has 5 heteroatoms. The first kappa shape index (κ1) is 16.6. The standard InChI is InChI=1S/C19H24N2O3/c1-23-17-9-4-3-8-15(17)19(22)20-14-16(18-10-7-13-24-18)21-11-5-2-6-12-21/h3-4,7-10,13,16H,2,5-6,11-12,14H2,1H3,(H,20,22). The Bertz CT molecular complexity index is 648. The normalized spacial score (nSPS) is 16.5. The predicted molar refractivity (Wildman–Crippen MR) is 92.2 cm³/mol. The van der Waals surface area contributed by atoms with Crippen LogP contribution in [-0.2, 0) is 0 Å². The van der Waals surface area contributed by atoms with Crippen LogP contribution in [-0.4, -0.2) is 37.6 Å². The molecule has 2 aromatic rings. The summed E-state index contributed by atoms with van der Waals surface area (Å²) in [6.07, 6.45) is 5.35. The maximum atomic E-state index is 12.5. The van der Waals surface area contributed by atoms with E-state index in [-0.39, 0.29) is 11.9 Å². The van der Waals surface area contributed by atoms with Crippen molar-refractivity contribution in [1.29, 1.82) is 0 Å². The fraction of sp³-hybridized carbons (Fsp3) is 0.421. The largest absolute Gasteiger partial charge is 0.496 e. The summed E-state index contributed by atoms with van der Waals surface area (Å²) in [7, 11) is 1.57. The highest BCUT2D eigenvalue weighted by Gasteiger charge is 2.25. The maximum Gasteiger partial charge on any atom is 0.255 e. The number of carbonyl (C=O) groups is 1. The Morgan fingerprint density at radius 3 is 2.71 bits per heavy atom. The van der Waals surface area contributed by atoms with E-state index in [0.29, 0.717) is 17.9 Å². The fourth-order valence-corrected chi connectivity index (χ4v) is 3.24. The molecule has 0 saturated carbocycles. The molecule has 1 aromatic carbocycles. The second kappa shape index (κ2) is 8.02. The van der Waals surface area contributed by atoms with Crippen molar-refractivity contribution in [3.8, 4) is 5.75 Å². The Kier molecular flexibility index (Phi) is 5.54. The number of para-hydroxylation sites is 1. The van der Waals surface area contributed by atoms with Gasteiger partial charge < -0.3 is 14.5 Å². The zero-order valence-electron chi connectivity index (χ0n) is 14.0. The topological polar surface area (TPSA) is 54.7 Å². The van der Waals surface area contributed by atoms with Gasteiger partial charge in [-0.05, 0) is 50.2 Å². The van der Waals surface area contributed by atoms with E-state index in [2.05, 4.69) is 10.2 Å². The first-order chi connectivity index (χ1) is 11.8. The van der Waals surface area contributed by atoms with Gasteiger partial charge in [0.2, 0.25) is 0 Å². The van der Waals surface area contributed by atoms with Crippen molar-refractivity contribution < 1.29 is 13.9 Å². The SMILES string of the molecule is COc1ccccc1C(=O)NCC(c1ccco1)N1CCCCC1. The lowest BCUT2D eigenvalue weighted by molar-refractivity contribution is 0.0911. The molecule has 5 nitrogen and oxygen atoms in total. The van der Waals surface area contributed by atoms with Gasteiger partial charge in [-0.3, -0.25) is 9.69 Å². The number of benzene rings is 1. The van der Waals surface area contributed by atoms with Crippen LogP contribution in [0, 0.1) is 0 Å². The van der Waals surface area contributed by atoms with Gasteiger partial charge in [-0.1, -0.05) is 18.6 Å². The van der Waals surface area contributed by atoms with E-state index in [9.17, 15) is 4.79 Å². The van der Waals surface area contributed by atoms with Gasteiger partial charge in [0.25, 0.3) is 5.91 Å². The molecule has 128 valence electrons. The van der Waals surface area contributed by atoms with E-state index >= 15 is 0 Å². The van der Waals surface area contributed by atoms with E-state index in [1.807, 2.05) is 24.3 Å². The van der Waals surface area contributed by atoms with Crippen molar-refractivity contribution in [3.63, 3.8) is 0 Å². The number of rotatable bonds is 6. The van der Waals surface area contributed by atoms with Gasteiger partial charge in [0.1, 0.15) is 11.5 Å². The van der Waals surface area contributed by atoms with Crippen molar-refractivity contribution in [2.45, 2.75) is 25.3 Å². The van der Waals surface area contributed by atoms with Gasteiger partial charge in [-0.2, -0.15) is 0 Å². The fourth-order valence-electron chi connectivity index (χ4n) is 3.24. The maximum absolute atomic E-state index is 12.5. The monoisotopic (exact) mass is 328 g/mol. The number of piperidine rings is 1. The van der Waals surface area contributed by atoms with Crippen LogP contribution < -0.4 is 10.1 Å². The molecule has 1 atom stereocenters. The van der Waals surface area contributed by atoms with Crippen LogP contribution in [0.25, 0.3) is 0 Å². The van der Waals surface area contributed by atoms with E-state index in [1.54, 1.807) is 25.5 Å². The first-order valence-corrected chi connectivity index (χ1v) is 8.48. The second-order valence-electron chi connectivity index (χ2n) is 6.04. The van der Waals surface area contributed by atoms with Crippen molar-refractivity contribution in [1.82, 2.24) is 10.2 Å². The van der Waals surface area contributed by atoms with Crippen LogP contribution in [0.3, 0.4) is 0 Å². The lowest BCUT2D eigenvalue weighted by Crippen LogP contribution is -2.40. The summed E-state index contributed by atoms with van der Waals surface area (Å²) < 4.78 is 10.9. The quantitative estimate of drug-likeness (QED) is 0.884. The van der Waals surface area contributed by atoms with E-state index in [1.165, 1.54) is 19.3 Å². The molecule has 1 fully saturated rings. The summed E-state index contributed by atoms with van der Waals surface area (Å²) in [5, 5.41) is 3.04. The molecule has 1 aliphatic heterocycles. The minimum absolute atomic E-state index is 0.0685. The number of amides is 1. The molecule has 1 aliphatic rings. The number of hydrogen-bond acceptors (Lipinski definition) is 4. The van der Waals surface area contributed by atoms with Gasteiger partial charge in [-0.15, -0.1) is 0 Å². The highest BCUT2D eigenvalue weighted by molar-refractivity contribution is 5.96. The number of likely N-dealkylation sites (tertiary alicyclic amines) is 1. The van der Waals surface area contributed by atoms with Crippen molar-refractivity contribution >= 4 is 5.91 Å². The molecular weight excluding hydrogens is 304 g/mol. The Balaban J connectivity index is 1.70. The third-order valence-electron chi connectivity index (χ3n) is 4.51. The second-order valence-corrected chi connectivity index (χ2v) is 6.04. The zero-order chi connectivity index (χ0) is 16.8. The number of hydrogen-bond donors (Lipinski definition) is 1. The van der Waals surface area contributed by atoms with Gasteiger partial charge in [-0.25, -0.2) is 0 Å². The highest BCUT2D eigenvalue weighted by Crippen LogP contribution is 2.25. The number of nitrogens with zero attached hydrogens (tertiary/aromatic N) is 1. The van der Waals surface area contributed by atoms with Crippen LogP contribution in [0.2, 0.25) is 0 Å². The lowest BCUT2D eigenvalue weighted by atomic mass is 10.1. The molecule has 0 bridgehead atoms. The number of methoxy groups -OCH3 is 1. The average Bonchev–Trinajstić information content (AvgIpc) is 3.17. The Morgan fingerprint density at radius 1 is 1.21 bits per heavy atom. The molecule has 1 unspecified atom stereocenters. The number of carbonyl (C=O) groups excluding carboxylic acids is 1. The number of ether oxygens (including phenoxy) is 1. The third kappa shape index (κ3) is 3.79. The van der Waals surface area contributed by atoms with Crippen molar-refractivity contribution in [2.24, 2.45) is 0 Å². The number of nitrogens with one attached hydrogen (secondary N) is 1. The minimum atomic E-state index is -0.124. The molecule has 2 heterocycles. The smallest absolute Gasteiger partial charge is 0.255 e. The summed E-state index contributed by atoms with van der Waals surface area (Å²) >= 11 is 0. The lowest BCUT2D eigenvalue weighted by Gasteiger charge is -2.33. The Morgan fingerprint density at radius 2 is 2.00 bits per heavy atom. The van der Waals surface area contributed by atoms with Gasteiger partial charge in [0, 0.05) is 6.54 Å². The minimum Gasteiger partial charge on any atom is -0.496 e. The van der Waals surface area contributed by atoms with Crippen molar-refractivity contribution in [2.75, 3.05) is 26.7 Å². The molecule has 0 spiro atoms. The molecule has 1 amide bonds. The summed E-state index contributed by atoms with van der Waals surface area (Å²) in [6, 6.07) is 11.2. The van der Waals surface area contributed by atoms with Crippen LogP contribution in [0.15, 0.2) is 47.1 Å². The molecule has 0 aliphatic carbocycles. The molecule has 1 aromatic heterocycles. The van der Waals surface area contributed by atoms with Gasteiger partial charge >= 0.3 is 0 Å². The van der Waals surface area contributed by atoms with Crippen LogP contribution in [0.4, 0.5) is 0 Å². The zero-order valence-corrected chi connectivity index (χ0v) is 14.0. The number of furan rings is 1. The molecular formula is C19H24N2O3. The summed E-state index contributed by atoms with van der Waals surface area (Å²) in [6.45, 7) is 2.59. The van der Waals surface area contributed by atoms with Crippen molar-refractivity contribution in [3.05, 3.63) is 54.0 Å². The Labute approximate surface area is 142 Å². The molecule has 1 saturated heterocycles. The predicted octanol–water partition coefficient (Wildman–Crippen LogP) is 3.25. The molecule has 24 heavy (non-hydrogen) atoms. The molecule has 1 N–H and O–H groups in total. The summed E-state index contributed by atoms with van der Waals surface area (Å²) in [5.41, 5.74) is 0.553. The first-order valence-electron chi connectivity index (χ1n) is 8.48. The van der Waals surface area contributed by atoms with Crippen LogP contribution >= 0.6 is 0 Å². The average molecular weight is 328 g/mol. The van der Waals surface area contributed by atoms with Gasteiger partial charge in [0.15, 0.2) is 0 Å². The van der Waals surface area contributed by atoms with Gasteiger partial charge in [0.05, 0.1) is 25.0 Å². The Hall–Kier alpha value is -2.27. The van der Waals surface area contributed by atoms with E-state index in [0.717, 1.165) is 18.8 Å². The summed E-state index contributed by atoms with van der Waals surface area (Å²) in [4.78, 5) is 14.9. The van der Waals surface area contributed by atoms with E-state index < -0.39 is 0 Å². The molecule has 0 radical (unpaired) electrons. The van der Waals surface area contributed by atoms with E-state index in [4.69, 9.17) is 9.15 Å². The highest BCUT2D eigenvalue weighted by atomic mass is 16.5. The molecule has 3 rings (SSSR count). The van der Waals surface area contributed by atoms with Crippen LogP contribution in [0.1, 0.15) is 41.4 Å².